The van der Waals surface area contributed by atoms with Crippen LogP contribution in [0.3, 0.4) is 0 Å². The highest BCUT2D eigenvalue weighted by Crippen LogP contribution is 2.24. The molecule has 0 aromatic heterocycles. The van der Waals surface area contributed by atoms with Gasteiger partial charge in [0.1, 0.15) is 5.75 Å². The second-order valence-electron chi connectivity index (χ2n) is 3.12. The number of phenols is 1. The van der Waals surface area contributed by atoms with E-state index >= 15 is 0 Å². The van der Waals surface area contributed by atoms with Crippen LogP contribution >= 0.6 is 0 Å². The summed E-state index contributed by atoms with van der Waals surface area (Å²) in [6, 6.07) is 9.12. The summed E-state index contributed by atoms with van der Waals surface area (Å²) in [7, 11) is 0. The Morgan fingerprint density at radius 2 is 2.21 bits per heavy atom. The zero-order valence-corrected chi connectivity index (χ0v) is 8.41. The van der Waals surface area contributed by atoms with E-state index in [9.17, 15) is 5.11 Å². The lowest BCUT2D eigenvalue weighted by Crippen LogP contribution is -1.86. The molecule has 2 nitrogen and oxygen atoms in total. The molecule has 0 saturated heterocycles. The van der Waals surface area contributed by atoms with Crippen molar-refractivity contribution in [2.45, 2.75) is 20.3 Å². The van der Waals surface area contributed by atoms with Crippen molar-refractivity contribution in [3.63, 3.8) is 0 Å². The summed E-state index contributed by atoms with van der Waals surface area (Å²) in [6.45, 7) is 3.79. The Bertz CT molecular complexity index is 399. The minimum Gasteiger partial charge on any atom is -0.508 e. The van der Waals surface area contributed by atoms with Crippen molar-refractivity contribution in [3.05, 3.63) is 35.4 Å². The molecule has 0 amide bonds. The lowest BCUT2D eigenvalue weighted by molar-refractivity contribution is 0.475. The molecule has 0 heterocycles. The van der Waals surface area contributed by atoms with Crippen molar-refractivity contribution in [2.75, 3.05) is 0 Å². The molecule has 0 bridgehead atoms. The van der Waals surface area contributed by atoms with Gasteiger partial charge in [0.2, 0.25) is 0 Å². The number of benzene rings is 1. The van der Waals surface area contributed by atoms with Gasteiger partial charge in [-0.05, 0) is 36.6 Å². The molecule has 1 rings (SSSR count). The molecule has 0 spiro atoms. The fourth-order valence-electron chi connectivity index (χ4n) is 1.45. The first-order valence-corrected chi connectivity index (χ1v) is 4.58. The summed E-state index contributed by atoms with van der Waals surface area (Å²) in [6.07, 6.45) is 0.794. The highest BCUT2D eigenvalue weighted by molar-refractivity contribution is 5.71. The first kappa shape index (κ1) is 10.3. The lowest BCUT2D eigenvalue weighted by Gasteiger charge is -2.06. The van der Waals surface area contributed by atoms with Gasteiger partial charge in [-0.3, -0.25) is 0 Å². The van der Waals surface area contributed by atoms with Gasteiger partial charge in [0.15, 0.2) is 0 Å². The van der Waals surface area contributed by atoms with E-state index in [-0.39, 0.29) is 5.75 Å². The van der Waals surface area contributed by atoms with Crippen molar-refractivity contribution >= 4 is 5.57 Å². The predicted octanol–water partition coefficient (Wildman–Crippen LogP) is 3.10. The van der Waals surface area contributed by atoms with Gasteiger partial charge in [0, 0.05) is 5.57 Å². The summed E-state index contributed by atoms with van der Waals surface area (Å²) >= 11 is 0. The van der Waals surface area contributed by atoms with Gasteiger partial charge in [-0.2, -0.15) is 5.26 Å². The fourth-order valence-corrected chi connectivity index (χ4v) is 1.45. The molecule has 0 unspecified atom stereocenters. The largest absolute Gasteiger partial charge is 0.508 e. The van der Waals surface area contributed by atoms with Gasteiger partial charge < -0.3 is 5.11 Å². The summed E-state index contributed by atoms with van der Waals surface area (Å²) in [5.41, 5.74) is 2.62. The second kappa shape index (κ2) is 4.48. The van der Waals surface area contributed by atoms with Gasteiger partial charge in [0.25, 0.3) is 0 Å². The number of phenolic OH excluding ortho intramolecular Hbond substituents is 1. The zero-order chi connectivity index (χ0) is 10.6. The van der Waals surface area contributed by atoms with Crippen molar-refractivity contribution < 1.29 is 5.11 Å². The molecule has 0 fully saturated rings. The van der Waals surface area contributed by atoms with Gasteiger partial charge >= 0.3 is 0 Å². The molecular formula is C12H13NO. The van der Waals surface area contributed by atoms with Crippen LogP contribution in [0.15, 0.2) is 29.8 Å². The van der Waals surface area contributed by atoms with E-state index in [0.29, 0.717) is 5.57 Å². The Balaban J connectivity index is 3.22. The number of rotatable bonds is 2. The second-order valence-corrected chi connectivity index (χ2v) is 3.12. The van der Waals surface area contributed by atoms with Crippen molar-refractivity contribution in [3.8, 4) is 11.8 Å². The minimum absolute atomic E-state index is 0.235. The van der Waals surface area contributed by atoms with Crippen molar-refractivity contribution in [2.24, 2.45) is 0 Å². The standard InChI is InChI=1S/C12H13NO/c1-3-12(9(2)8-13)10-5-4-6-11(14)7-10/h4-7,14H,3H2,1-2H3/b12-9-. The molecule has 1 N–H and O–H groups in total. The summed E-state index contributed by atoms with van der Waals surface area (Å²) < 4.78 is 0. The van der Waals surface area contributed by atoms with Crippen LogP contribution in [-0.2, 0) is 0 Å². The fraction of sp³-hybridized carbons (Fsp3) is 0.250. The van der Waals surface area contributed by atoms with Crippen LogP contribution in [-0.4, -0.2) is 5.11 Å². The maximum absolute atomic E-state index is 9.31. The number of allylic oxidation sites excluding steroid dienone is 2. The molecule has 0 aliphatic carbocycles. The first-order valence-electron chi connectivity index (χ1n) is 4.58. The maximum atomic E-state index is 9.31. The van der Waals surface area contributed by atoms with Crippen LogP contribution in [0, 0.1) is 11.3 Å². The third-order valence-electron chi connectivity index (χ3n) is 2.17. The monoisotopic (exact) mass is 187 g/mol. The maximum Gasteiger partial charge on any atom is 0.116 e. The SMILES string of the molecule is CC/C(=C(\C)C#N)c1cccc(O)c1. The highest BCUT2D eigenvalue weighted by Gasteiger charge is 2.03. The summed E-state index contributed by atoms with van der Waals surface area (Å²) in [5, 5.41) is 18.1. The van der Waals surface area contributed by atoms with Crippen molar-refractivity contribution in [1.29, 1.82) is 5.26 Å². The topological polar surface area (TPSA) is 44.0 Å². The molecular weight excluding hydrogens is 174 g/mol. The smallest absolute Gasteiger partial charge is 0.116 e. The molecule has 1 aromatic rings. The van der Waals surface area contributed by atoms with E-state index in [1.54, 1.807) is 25.1 Å². The quantitative estimate of drug-likeness (QED) is 0.723. The number of hydrogen-bond donors (Lipinski definition) is 1. The molecule has 0 saturated carbocycles. The number of nitriles is 1. The third kappa shape index (κ3) is 2.14. The Labute approximate surface area is 84.1 Å². The average molecular weight is 187 g/mol. The van der Waals surface area contributed by atoms with E-state index < -0.39 is 0 Å². The molecule has 1 aromatic carbocycles. The van der Waals surface area contributed by atoms with E-state index in [0.717, 1.165) is 17.6 Å². The van der Waals surface area contributed by atoms with E-state index in [1.165, 1.54) is 0 Å². The van der Waals surface area contributed by atoms with Crippen LogP contribution in [0.5, 0.6) is 5.75 Å². The summed E-state index contributed by atoms with van der Waals surface area (Å²) in [5.74, 6) is 0.235. The molecule has 0 aliphatic heterocycles. The first-order chi connectivity index (χ1) is 6.69. The van der Waals surface area contributed by atoms with Crippen LogP contribution in [0.2, 0.25) is 0 Å². The van der Waals surface area contributed by atoms with Gasteiger partial charge in [-0.1, -0.05) is 19.1 Å². The normalized spacial score (nSPS) is 11.8. The lowest BCUT2D eigenvalue weighted by atomic mass is 9.99. The molecule has 0 aliphatic rings. The molecule has 72 valence electrons. The average Bonchev–Trinajstić information content (AvgIpc) is 2.19. The van der Waals surface area contributed by atoms with Crippen LogP contribution in [0.25, 0.3) is 5.57 Å². The van der Waals surface area contributed by atoms with E-state index in [1.807, 2.05) is 13.0 Å². The number of nitrogens with zero attached hydrogens (tertiary/aromatic N) is 1. The zero-order valence-electron chi connectivity index (χ0n) is 8.41. The Morgan fingerprint density at radius 3 is 2.71 bits per heavy atom. The van der Waals surface area contributed by atoms with Gasteiger partial charge in [-0.25, -0.2) is 0 Å². The molecule has 0 atom stereocenters. The highest BCUT2D eigenvalue weighted by atomic mass is 16.3. The summed E-state index contributed by atoms with van der Waals surface area (Å²) in [4.78, 5) is 0. The third-order valence-corrected chi connectivity index (χ3v) is 2.17. The minimum atomic E-state index is 0.235. The number of aromatic hydroxyl groups is 1. The van der Waals surface area contributed by atoms with Gasteiger partial charge in [0.05, 0.1) is 6.07 Å². The van der Waals surface area contributed by atoms with Gasteiger partial charge in [-0.15, -0.1) is 0 Å². The number of hydrogen-bond acceptors (Lipinski definition) is 2. The van der Waals surface area contributed by atoms with Crippen LogP contribution in [0.1, 0.15) is 25.8 Å². The Hall–Kier alpha value is -1.75. The van der Waals surface area contributed by atoms with E-state index in [4.69, 9.17) is 5.26 Å². The molecule has 2 heteroatoms. The Kier molecular flexibility index (Phi) is 3.30. The predicted molar refractivity (Wildman–Crippen MR) is 56.6 cm³/mol. The molecule has 0 radical (unpaired) electrons. The molecule has 14 heavy (non-hydrogen) atoms. The Morgan fingerprint density at radius 1 is 1.50 bits per heavy atom. The van der Waals surface area contributed by atoms with Crippen LogP contribution < -0.4 is 0 Å². The van der Waals surface area contributed by atoms with Crippen LogP contribution in [0.4, 0.5) is 0 Å². The van der Waals surface area contributed by atoms with Crippen molar-refractivity contribution in [1.82, 2.24) is 0 Å². The van der Waals surface area contributed by atoms with E-state index in [2.05, 4.69) is 6.07 Å².